The summed E-state index contributed by atoms with van der Waals surface area (Å²) < 4.78 is 0. The quantitative estimate of drug-likeness (QED) is 0.933. The van der Waals surface area contributed by atoms with E-state index in [0.29, 0.717) is 22.6 Å². The lowest BCUT2D eigenvalue weighted by atomic mass is 10.1. The molecule has 0 saturated heterocycles. The molecule has 6 heteroatoms. The van der Waals surface area contributed by atoms with E-state index in [1.165, 1.54) is 11.0 Å². The van der Waals surface area contributed by atoms with Crippen LogP contribution in [-0.2, 0) is 0 Å². The molecule has 0 aliphatic rings. The number of carboxylic acid groups (broad SMARTS) is 1. The number of nitrogens with zero attached hydrogens (tertiary/aromatic N) is 3. The van der Waals surface area contributed by atoms with Gasteiger partial charge < -0.3 is 10.0 Å². The number of hydrogen-bond acceptors (Lipinski definition) is 4. The van der Waals surface area contributed by atoms with Crippen LogP contribution in [0.4, 0.5) is 5.69 Å². The summed E-state index contributed by atoms with van der Waals surface area (Å²) in [6.07, 6.45) is 0. The maximum atomic E-state index is 12.6. The van der Waals surface area contributed by atoms with Crippen molar-refractivity contribution in [3.05, 3.63) is 52.8 Å². The predicted molar refractivity (Wildman–Crippen MR) is 77.6 cm³/mol. The zero-order chi connectivity index (χ0) is 15.6. The molecule has 2 rings (SSSR count). The molecule has 1 aromatic carbocycles. The van der Waals surface area contributed by atoms with Crippen LogP contribution in [0, 0.1) is 13.8 Å². The Kier molecular flexibility index (Phi) is 3.98. The molecule has 0 fully saturated rings. The Bertz CT molecular complexity index is 713. The zero-order valence-electron chi connectivity index (χ0n) is 12.0. The Morgan fingerprint density at radius 3 is 2.43 bits per heavy atom. The Morgan fingerprint density at radius 1 is 1.10 bits per heavy atom. The highest BCUT2D eigenvalue weighted by Gasteiger charge is 2.21. The van der Waals surface area contributed by atoms with Crippen molar-refractivity contribution < 1.29 is 14.7 Å². The minimum absolute atomic E-state index is 0.0738. The van der Waals surface area contributed by atoms with Gasteiger partial charge in [0.1, 0.15) is 0 Å². The number of aromatic carboxylic acids is 1. The number of benzene rings is 1. The fourth-order valence-electron chi connectivity index (χ4n) is 2.00. The van der Waals surface area contributed by atoms with Gasteiger partial charge in [0.05, 0.1) is 28.2 Å². The van der Waals surface area contributed by atoms with Gasteiger partial charge in [-0.05, 0) is 32.0 Å². The lowest BCUT2D eigenvalue weighted by Crippen LogP contribution is -2.29. The first kappa shape index (κ1) is 14.6. The summed E-state index contributed by atoms with van der Waals surface area (Å²) >= 11 is 0. The van der Waals surface area contributed by atoms with E-state index in [0.717, 1.165) is 0 Å². The molecule has 2 aromatic rings. The van der Waals surface area contributed by atoms with Gasteiger partial charge in [0.2, 0.25) is 0 Å². The van der Waals surface area contributed by atoms with Crippen LogP contribution < -0.4 is 4.90 Å². The van der Waals surface area contributed by atoms with Crippen molar-refractivity contribution in [2.75, 3.05) is 11.9 Å². The van der Waals surface area contributed by atoms with Gasteiger partial charge in [-0.1, -0.05) is 12.1 Å². The molecule has 0 aliphatic carbocycles. The minimum atomic E-state index is -1.08. The van der Waals surface area contributed by atoms with Gasteiger partial charge in [-0.3, -0.25) is 4.79 Å². The number of amides is 1. The van der Waals surface area contributed by atoms with E-state index in [-0.39, 0.29) is 11.5 Å². The summed E-state index contributed by atoms with van der Waals surface area (Å²) in [5, 5.41) is 17.0. The normalized spacial score (nSPS) is 10.2. The zero-order valence-corrected chi connectivity index (χ0v) is 12.0. The second-order valence-electron chi connectivity index (χ2n) is 4.67. The average molecular weight is 285 g/mol. The molecule has 0 bridgehead atoms. The second-order valence-corrected chi connectivity index (χ2v) is 4.67. The van der Waals surface area contributed by atoms with Crippen molar-refractivity contribution in [1.29, 1.82) is 0 Å². The first-order valence-corrected chi connectivity index (χ1v) is 6.33. The maximum absolute atomic E-state index is 12.6. The third-order valence-electron chi connectivity index (χ3n) is 3.13. The minimum Gasteiger partial charge on any atom is -0.478 e. The number of aryl methyl sites for hydroxylation is 2. The van der Waals surface area contributed by atoms with Crippen molar-refractivity contribution in [3.8, 4) is 0 Å². The Balaban J connectivity index is 2.45. The van der Waals surface area contributed by atoms with Crippen LogP contribution >= 0.6 is 0 Å². The number of carbonyl (C=O) groups excluding carboxylic acids is 1. The molecule has 21 heavy (non-hydrogen) atoms. The van der Waals surface area contributed by atoms with Crippen LogP contribution in [0.2, 0.25) is 0 Å². The van der Waals surface area contributed by atoms with E-state index in [1.54, 1.807) is 45.2 Å². The Hall–Kier alpha value is -2.76. The molecular weight excluding hydrogens is 270 g/mol. The van der Waals surface area contributed by atoms with E-state index in [1.807, 2.05) is 0 Å². The first-order chi connectivity index (χ1) is 9.91. The van der Waals surface area contributed by atoms with Gasteiger partial charge in [-0.2, -0.15) is 10.2 Å². The van der Waals surface area contributed by atoms with Gasteiger partial charge in [0.25, 0.3) is 5.91 Å². The number of carbonyl (C=O) groups is 2. The second kappa shape index (κ2) is 5.70. The molecule has 1 aromatic heterocycles. The molecule has 1 heterocycles. The number of rotatable bonds is 3. The summed E-state index contributed by atoms with van der Waals surface area (Å²) in [7, 11) is 1.54. The summed E-state index contributed by atoms with van der Waals surface area (Å²) in [5.41, 5.74) is 1.95. The lowest BCUT2D eigenvalue weighted by molar-refractivity contribution is 0.0697. The fraction of sp³-hybridized carbons (Fsp3) is 0.200. The SMILES string of the molecule is Cc1cc(C(=O)N(C)c2ccccc2C(=O)O)c(C)nn1. The van der Waals surface area contributed by atoms with Crippen molar-refractivity contribution in [2.45, 2.75) is 13.8 Å². The molecule has 1 N–H and O–H groups in total. The first-order valence-electron chi connectivity index (χ1n) is 6.33. The lowest BCUT2D eigenvalue weighted by Gasteiger charge is -2.20. The number of hydrogen-bond donors (Lipinski definition) is 1. The largest absolute Gasteiger partial charge is 0.478 e. The summed E-state index contributed by atoms with van der Waals surface area (Å²) in [6, 6.07) is 8.01. The van der Waals surface area contributed by atoms with Crippen molar-refractivity contribution in [2.24, 2.45) is 0 Å². The molecule has 1 amide bonds. The van der Waals surface area contributed by atoms with E-state index >= 15 is 0 Å². The molecular formula is C15H15N3O3. The van der Waals surface area contributed by atoms with Gasteiger partial charge >= 0.3 is 5.97 Å². The highest BCUT2D eigenvalue weighted by molar-refractivity contribution is 6.09. The van der Waals surface area contributed by atoms with Crippen molar-refractivity contribution in [1.82, 2.24) is 10.2 Å². The molecule has 0 unspecified atom stereocenters. The molecule has 6 nitrogen and oxygen atoms in total. The van der Waals surface area contributed by atoms with Crippen molar-refractivity contribution in [3.63, 3.8) is 0 Å². The summed E-state index contributed by atoms with van der Waals surface area (Å²) in [5.74, 6) is -1.40. The maximum Gasteiger partial charge on any atom is 0.337 e. The third-order valence-corrected chi connectivity index (χ3v) is 3.13. The van der Waals surface area contributed by atoms with Crippen LogP contribution in [-0.4, -0.2) is 34.2 Å². The van der Waals surface area contributed by atoms with Gasteiger partial charge in [0.15, 0.2) is 0 Å². The Morgan fingerprint density at radius 2 is 1.76 bits per heavy atom. The van der Waals surface area contributed by atoms with Gasteiger partial charge in [0, 0.05) is 7.05 Å². The average Bonchev–Trinajstić information content (AvgIpc) is 2.48. The standard InChI is InChI=1S/C15H15N3O3/c1-9-8-12(10(2)17-16-9)14(19)18(3)13-7-5-4-6-11(13)15(20)21/h4-8H,1-3H3,(H,20,21). The van der Waals surface area contributed by atoms with Crippen LogP contribution in [0.5, 0.6) is 0 Å². The summed E-state index contributed by atoms with van der Waals surface area (Å²) in [6.45, 7) is 3.44. The fourth-order valence-corrected chi connectivity index (χ4v) is 2.00. The van der Waals surface area contributed by atoms with Crippen molar-refractivity contribution >= 4 is 17.6 Å². The highest BCUT2D eigenvalue weighted by Crippen LogP contribution is 2.21. The smallest absolute Gasteiger partial charge is 0.337 e. The van der Waals surface area contributed by atoms with E-state index in [4.69, 9.17) is 0 Å². The van der Waals surface area contributed by atoms with Crippen LogP contribution in [0.25, 0.3) is 0 Å². The third kappa shape index (κ3) is 2.89. The summed E-state index contributed by atoms with van der Waals surface area (Å²) in [4.78, 5) is 25.1. The molecule has 0 saturated carbocycles. The molecule has 0 spiro atoms. The van der Waals surface area contributed by atoms with Gasteiger partial charge in [-0.15, -0.1) is 0 Å². The van der Waals surface area contributed by atoms with Crippen LogP contribution in [0.15, 0.2) is 30.3 Å². The molecule has 0 radical (unpaired) electrons. The van der Waals surface area contributed by atoms with Gasteiger partial charge in [-0.25, -0.2) is 4.79 Å². The van der Waals surface area contributed by atoms with E-state index in [9.17, 15) is 14.7 Å². The predicted octanol–water partition coefficient (Wildman–Crippen LogP) is 2.07. The topological polar surface area (TPSA) is 83.4 Å². The van der Waals surface area contributed by atoms with E-state index < -0.39 is 5.97 Å². The molecule has 0 atom stereocenters. The number of anilines is 1. The van der Waals surface area contributed by atoms with Crippen LogP contribution in [0.3, 0.4) is 0 Å². The monoisotopic (exact) mass is 285 g/mol. The van der Waals surface area contributed by atoms with Crippen LogP contribution in [0.1, 0.15) is 32.1 Å². The molecule has 108 valence electrons. The number of carboxylic acids is 1. The van der Waals surface area contributed by atoms with E-state index in [2.05, 4.69) is 10.2 Å². The molecule has 0 aliphatic heterocycles. The number of para-hydroxylation sites is 1. The number of aromatic nitrogens is 2. The Labute approximate surface area is 122 Å². The highest BCUT2D eigenvalue weighted by atomic mass is 16.4.